The van der Waals surface area contributed by atoms with Crippen LogP contribution in [0.4, 0.5) is 5.69 Å². The van der Waals surface area contributed by atoms with Gasteiger partial charge < -0.3 is 10.1 Å². The number of amides is 1. The molecule has 6 nitrogen and oxygen atoms in total. The van der Waals surface area contributed by atoms with Crippen molar-refractivity contribution >= 4 is 21.6 Å². The topological polar surface area (TPSA) is 75.7 Å². The highest BCUT2D eigenvalue weighted by molar-refractivity contribution is 7.92. The summed E-state index contributed by atoms with van der Waals surface area (Å²) in [5, 5.41) is 3.01. The molecule has 1 amide bonds. The Morgan fingerprint density at radius 2 is 1.96 bits per heavy atom. The Morgan fingerprint density at radius 3 is 2.61 bits per heavy atom. The fourth-order valence-electron chi connectivity index (χ4n) is 3.59. The van der Waals surface area contributed by atoms with Gasteiger partial charge in [-0.2, -0.15) is 0 Å². The molecule has 28 heavy (non-hydrogen) atoms. The van der Waals surface area contributed by atoms with Crippen LogP contribution < -0.4 is 14.4 Å². The van der Waals surface area contributed by atoms with Crippen molar-refractivity contribution in [2.24, 2.45) is 5.92 Å². The molecule has 1 aromatic rings. The van der Waals surface area contributed by atoms with Gasteiger partial charge in [0.25, 0.3) is 0 Å². The first-order chi connectivity index (χ1) is 13.3. The van der Waals surface area contributed by atoms with Gasteiger partial charge in [0.15, 0.2) is 0 Å². The van der Waals surface area contributed by atoms with Crippen LogP contribution in [0.2, 0.25) is 0 Å². The van der Waals surface area contributed by atoms with Gasteiger partial charge in [-0.05, 0) is 51.2 Å². The van der Waals surface area contributed by atoms with Crippen molar-refractivity contribution in [1.82, 2.24) is 5.32 Å². The van der Waals surface area contributed by atoms with E-state index in [4.69, 9.17) is 4.74 Å². The van der Waals surface area contributed by atoms with Crippen LogP contribution >= 0.6 is 0 Å². The van der Waals surface area contributed by atoms with Gasteiger partial charge in [-0.25, -0.2) is 8.42 Å². The van der Waals surface area contributed by atoms with Gasteiger partial charge in [-0.1, -0.05) is 25.3 Å². The van der Waals surface area contributed by atoms with Crippen molar-refractivity contribution < 1.29 is 17.9 Å². The van der Waals surface area contributed by atoms with E-state index in [9.17, 15) is 13.2 Å². The minimum atomic E-state index is -3.44. The zero-order chi connectivity index (χ0) is 20.6. The minimum absolute atomic E-state index is 0.00378. The lowest BCUT2D eigenvalue weighted by Gasteiger charge is -2.24. The average molecular weight is 411 g/mol. The van der Waals surface area contributed by atoms with E-state index in [0.717, 1.165) is 6.54 Å². The maximum atomic E-state index is 12.3. The van der Waals surface area contributed by atoms with Gasteiger partial charge in [0.2, 0.25) is 15.9 Å². The summed E-state index contributed by atoms with van der Waals surface area (Å²) in [6, 6.07) is 7.06. The van der Waals surface area contributed by atoms with Gasteiger partial charge >= 0.3 is 0 Å². The number of anilines is 1. The standard InChI is InChI=1S/C21H34N2O4S/c1-17(2)27-20-12-7-11-19(15-20)23(28(3,25)26)14-8-13-21(24)22-16-18-9-5-4-6-10-18/h7,11-12,15,17-18H,4-6,8-10,13-14,16H2,1-3H3,(H,22,24). The summed E-state index contributed by atoms with van der Waals surface area (Å²) in [6.07, 6.45) is 8.18. The van der Waals surface area contributed by atoms with Crippen molar-refractivity contribution in [3.05, 3.63) is 24.3 Å². The first-order valence-corrected chi connectivity index (χ1v) is 12.1. The van der Waals surface area contributed by atoms with Crippen LogP contribution in [0.15, 0.2) is 24.3 Å². The quantitative estimate of drug-likeness (QED) is 0.638. The normalized spacial score (nSPS) is 15.4. The summed E-state index contributed by atoms with van der Waals surface area (Å²) < 4.78 is 31.5. The molecule has 1 aliphatic rings. The molecule has 0 bridgehead atoms. The molecule has 0 saturated heterocycles. The maximum absolute atomic E-state index is 12.3. The van der Waals surface area contributed by atoms with E-state index < -0.39 is 10.0 Å². The zero-order valence-corrected chi connectivity index (χ0v) is 18.1. The molecule has 0 heterocycles. The first kappa shape index (κ1) is 22.5. The van der Waals surface area contributed by atoms with Gasteiger partial charge in [-0.15, -0.1) is 0 Å². The van der Waals surface area contributed by atoms with Crippen molar-refractivity contribution in [1.29, 1.82) is 0 Å². The fourth-order valence-corrected chi connectivity index (χ4v) is 4.55. The second-order valence-corrected chi connectivity index (χ2v) is 9.82. The van der Waals surface area contributed by atoms with Crippen LogP contribution in [-0.4, -0.2) is 39.8 Å². The Bertz CT molecular complexity index is 728. The van der Waals surface area contributed by atoms with Crippen LogP contribution in [0.3, 0.4) is 0 Å². The Balaban J connectivity index is 1.88. The van der Waals surface area contributed by atoms with Crippen LogP contribution in [-0.2, 0) is 14.8 Å². The van der Waals surface area contributed by atoms with E-state index in [-0.39, 0.29) is 18.6 Å². The molecule has 1 aromatic carbocycles. The Morgan fingerprint density at radius 1 is 1.25 bits per heavy atom. The Kier molecular flexibility index (Phi) is 8.60. The lowest BCUT2D eigenvalue weighted by Crippen LogP contribution is -2.33. The number of hydrogen-bond acceptors (Lipinski definition) is 4. The van der Waals surface area contributed by atoms with Gasteiger partial charge in [-0.3, -0.25) is 9.10 Å². The number of benzene rings is 1. The van der Waals surface area contributed by atoms with Crippen molar-refractivity contribution in [2.75, 3.05) is 23.7 Å². The summed E-state index contributed by atoms with van der Waals surface area (Å²) in [4.78, 5) is 12.1. The van der Waals surface area contributed by atoms with E-state index in [2.05, 4.69) is 5.32 Å². The summed E-state index contributed by atoms with van der Waals surface area (Å²) in [5.41, 5.74) is 0.559. The molecule has 158 valence electrons. The molecule has 1 aliphatic carbocycles. The number of sulfonamides is 1. The second-order valence-electron chi connectivity index (χ2n) is 7.91. The van der Waals surface area contributed by atoms with E-state index in [1.807, 2.05) is 19.9 Å². The van der Waals surface area contributed by atoms with E-state index in [0.29, 0.717) is 30.2 Å². The number of hydrogen-bond donors (Lipinski definition) is 1. The highest BCUT2D eigenvalue weighted by atomic mass is 32.2. The van der Waals surface area contributed by atoms with Crippen molar-refractivity contribution in [3.63, 3.8) is 0 Å². The number of rotatable bonds is 10. The van der Waals surface area contributed by atoms with Crippen LogP contribution in [0.1, 0.15) is 58.8 Å². The molecular weight excluding hydrogens is 376 g/mol. The monoisotopic (exact) mass is 410 g/mol. The molecule has 0 aromatic heterocycles. The minimum Gasteiger partial charge on any atom is -0.491 e. The molecule has 0 aliphatic heterocycles. The number of nitrogens with one attached hydrogen (secondary N) is 1. The third-order valence-corrected chi connectivity index (χ3v) is 6.15. The molecule has 1 fully saturated rings. The molecule has 1 saturated carbocycles. The zero-order valence-electron chi connectivity index (χ0n) is 17.3. The number of carbonyl (C=O) groups is 1. The SMILES string of the molecule is CC(C)Oc1cccc(N(CCCC(=O)NCC2CCCCC2)S(C)(=O)=O)c1. The number of carbonyl (C=O) groups excluding carboxylic acids is 1. The molecule has 0 unspecified atom stereocenters. The molecule has 1 N–H and O–H groups in total. The van der Waals surface area contributed by atoms with Gasteiger partial charge in [0, 0.05) is 25.6 Å². The molecule has 7 heteroatoms. The van der Waals surface area contributed by atoms with Crippen LogP contribution in [0.5, 0.6) is 5.75 Å². The number of ether oxygens (including phenoxy) is 1. The highest BCUT2D eigenvalue weighted by Crippen LogP contribution is 2.25. The second kappa shape index (κ2) is 10.7. The van der Waals surface area contributed by atoms with Gasteiger partial charge in [0.1, 0.15) is 5.75 Å². The fraction of sp³-hybridized carbons (Fsp3) is 0.667. The third kappa shape index (κ3) is 7.70. The molecule has 0 atom stereocenters. The van der Waals surface area contributed by atoms with Crippen LogP contribution in [0, 0.1) is 5.92 Å². The van der Waals surface area contributed by atoms with Crippen molar-refractivity contribution in [3.8, 4) is 5.75 Å². The van der Waals surface area contributed by atoms with Crippen molar-refractivity contribution in [2.45, 2.75) is 64.9 Å². The molecule has 0 radical (unpaired) electrons. The predicted octanol–water partition coefficient (Wildman–Crippen LogP) is 3.72. The third-order valence-electron chi connectivity index (χ3n) is 4.96. The smallest absolute Gasteiger partial charge is 0.232 e. The van der Waals surface area contributed by atoms with Gasteiger partial charge in [0.05, 0.1) is 18.0 Å². The van der Waals surface area contributed by atoms with E-state index >= 15 is 0 Å². The summed E-state index contributed by atoms with van der Waals surface area (Å²) in [5.74, 6) is 1.22. The first-order valence-electron chi connectivity index (χ1n) is 10.3. The average Bonchev–Trinajstić information content (AvgIpc) is 2.63. The Hall–Kier alpha value is -1.76. The molecular formula is C21H34N2O4S. The lowest BCUT2D eigenvalue weighted by molar-refractivity contribution is -0.121. The summed E-state index contributed by atoms with van der Waals surface area (Å²) in [7, 11) is -3.44. The maximum Gasteiger partial charge on any atom is 0.232 e. The number of nitrogens with zero attached hydrogens (tertiary/aromatic N) is 1. The van der Waals surface area contributed by atoms with E-state index in [1.165, 1.54) is 42.7 Å². The van der Waals surface area contributed by atoms with E-state index in [1.54, 1.807) is 18.2 Å². The molecule has 0 spiro atoms. The largest absolute Gasteiger partial charge is 0.491 e. The highest BCUT2D eigenvalue weighted by Gasteiger charge is 2.19. The van der Waals surface area contributed by atoms with Crippen LogP contribution in [0.25, 0.3) is 0 Å². The predicted molar refractivity (Wildman–Crippen MR) is 113 cm³/mol. The summed E-state index contributed by atoms with van der Waals surface area (Å²) in [6.45, 7) is 4.85. The molecule has 2 rings (SSSR count). The lowest BCUT2D eigenvalue weighted by atomic mass is 9.89. The summed E-state index contributed by atoms with van der Waals surface area (Å²) >= 11 is 0. The Labute approximate surface area is 169 Å².